The number of ether oxygens (including phenoxy) is 5. The van der Waals surface area contributed by atoms with Crippen molar-refractivity contribution in [3.63, 3.8) is 0 Å². The zero-order valence-corrected chi connectivity index (χ0v) is 44.7. The largest absolute Gasteiger partial charge is 0.391 e. The van der Waals surface area contributed by atoms with Crippen LogP contribution in [0.3, 0.4) is 0 Å². The molecular weight excluding hydrogens is 979 g/mol. The molecule has 4 atom stereocenters. The van der Waals surface area contributed by atoms with Gasteiger partial charge in [0.2, 0.25) is 17.7 Å². The number of hydrogen-bond acceptors (Lipinski definition) is 14. The SMILES string of the molecule is Cc1ncsc1-c1ccc([C@H](C)NC(=O)[C@H]2C[C@@H](O)CN2C(=O)[C@@H](NC(=O)CCOCCOCCOCCOCCOCCN(CCc2c[nH]c3ccccc23)Cc2ccc(/C=C/C(=O)NO)cc2)C(C)(C)C)cc1. The number of aromatic nitrogens is 2. The summed E-state index contributed by atoms with van der Waals surface area (Å²) < 4.78 is 28.5. The number of thiazole rings is 1. The van der Waals surface area contributed by atoms with Gasteiger partial charge in [0.15, 0.2) is 0 Å². The summed E-state index contributed by atoms with van der Waals surface area (Å²) in [6.07, 6.45) is 5.12. The molecule has 0 aliphatic carbocycles. The number of aliphatic hydroxyl groups excluding tert-OH is 1. The lowest BCUT2D eigenvalue weighted by Gasteiger charge is -2.35. The Hall–Kier alpha value is -5.87. The van der Waals surface area contributed by atoms with Gasteiger partial charge in [-0.15, -0.1) is 11.3 Å². The van der Waals surface area contributed by atoms with Crippen LogP contribution >= 0.6 is 11.3 Å². The van der Waals surface area contributed by atoms with Gasteiger partial charge in [-0.05, 0) is 65.6 Å². The van der Waals surface area contributed by atoms with Crippen molar-refractivity contribution in [2.45, 2.75) is 84.7 Å². The maximum Gasteiger partial charge on any atom is 0.267 e. The number of H-pyrrole nitrogens is 1. The molecule has 1 saturated heterocycles. The van der Waals surface area contributed by atoms with Gasteiger partial charge in [-0.2, -0.15) is 0 Å². The Morgan fingerprint density at radius 3 is 2.12 bits per heavy atom. The number of nitrogens with zero attached hydrogens (tertiary/aromatic N) is 3. The molecule has 0 bridgehead atoms. The van der Waals surface area contributed by atoms with E-state index in [9.17, 15) is 24.3 Å². The van der Waals surface area contributed by atoms with E-state index in [0.717, 1.165) is 64.4 Å². The summed E-state index contributed by atoms with van der Waals surface area (Å²) in [5.74, 6) is -1.74. The molecule has 1 aliphatic heterocycles. The van der Waals surface area contributed by atoms with Crippen molar-refractivity contribution in [2.24, 2.45) is 5.41 Å². The van der Waals surface area contributed by atoms with Gasteiger partial charge in [0, 0.05) is 62.2 Å². The smallest absolute Gasteiger partial charge is 0.267 e. The molecule has 0 spiro atoms. The highest BCUT2D eigenvalue weighted by atomic mass is 32.1. The summed E-state index contributed by atoms with van der Waals surface area (Å²) in [6, 6.07) is 22.0. The van der Waals surface area contributed by atoms with E-state index in [1.165, 1.54) is 21.9 Å². The van der Waals surface area contributed by atoms with Gasteiger partial charge in [-0.1, -0.05) is 87.5 Å². The van der Waals surface area contributed by atoms with Gasteiger partial charge in [-0.25, -0.2) is 10.5 Å². The first kappa shape index (κ1) is 58.4. The molecule has 1 fully saturated rings. The monoisotopic (exact) mass is 1050 g/mol. The number of hydroxylamine groups is 1. The van der Waals surface area contributed by atoms with Crippen molar-refractivity contribution in [3.8, 4) is 10.4 Å². The Morgan fingerprint density at radius 2 is 1.49 bits per heavy atom. The van der Waals surface area contributed by atoms with Gasteiger partial charge in [-0.3, -0.25) is 29.3 Å². The molecule has 4 amide bonds. The Kier molecular flexibility index (Phi) is 23.4. The first-order valence-corrected chi connectivity index (χ1v) is 26.5. The first-order valence-electron chi connectivity index (χ1n) is 25.7. The molecule has 3 heterocycles. The van der Waals surface area contributed by atoms with Crippen LogP contribution in [-0.4, -0.2) is 158 Å². The Balaban J connectivity index is 0.799. The normalized spacial score (nSPS) is 15.7. The average molecular weight is 1050 g/mol. The number of amides is 4. The minimum absolute atomic E-state index is 0.0118. The molecule has 1 aliphatic rings. The average Bonchev–Trinajstić information content (AvgIpc) is 4.15. The number of β-amino-alcohol motifs (C(OH)–C–C–N with tert-alkyl or cyclic N) is 1. The van der Waals surface area contributed by atoms with E-state index in [1.807, 2.05) is 94.7 Å². The fraction of sp³-hybridized carbons (Fsp3) is 0.482. The van der Waals surface area contributed by atoms with Crippen molar-refractivity contribution in [1.29, 1.82) is 0 Å². The Bertz CT molecular complexity index is 2580. The lowest BCUT2D eigenvalue weighted by molar-refractivity contribution is -0.144. The number of carbonyl (C=O) groups is 4. The highest BCUT2D eigenvalue weighted by Crippen LogP contribution is 2.30. The number of hydrogen-bond donors (Lipinski definition) is 6. The molecule has 18 nitrogen and oxygen atoms in total. The van der Waals surface area contributed by atoms with Crippen LogP contribution in [0.15, 0.2) is 90.6 Å². The van der Waals surface area contributed by atoms with Crippen LogP contribution in [-0.2, 0) is 55.8 Å². The maximum absolute atomic E-state index is 14.0. The summed E-state index contributed by atoms with van der Waals surface area (Å²) in [6.45, 7) is 15.4. The second-order valence-electron chi connectivity index (χ2n) is 19.6. The minimum Gasteiger partial charge on any atom is -0.391 e. The summed E-state index contributed by atoms with van der Waals surface area (Å²) >= 11 is 1.57. The standard InChI is InChI=1S/C56H75N7O11S/c1-39(43-15-17-44(18-16-43)52-40(2)58-38-75-52)59-54(67)49-34-46(64)37-63(49)55(68)53(56(3,4)5)60-50(65)21-24-70-26-28-72-30-32-74-33-31-73-29-27-71-25-23-62(22-20-45-35-57-48-9-7-6-8-47(45)48)36-42-12-10-41(11-13-42)14-19-51(66)61-69/h6-19,35,38-39,46,49,53,57,64,69H,20-34,36-37H2,1-5H3,(H,59,67)(H,60,65)(H,61,66)/b19-14+/t39-,46+,49+,53+/m0/s1. The van der Waals surface area contributed by atoms with Crippen molar-refractivity contribution >= 4 is 51.9 Å². The molecule has 19 heteroatoms. The van der Waals surface area contributed by atoms with Gasteiger partial charge < -0.3 is 49.3 Å². The zero-order chi connectivity index (χ0) is 53.6. The van der Waals surface area contributed by atoms with Crippen LogP contribution in [0.2, 0.25) is 0 Å². The molecule has 0 unspecified atom stereocenters. The van der Waals surface area contributed by atoms with Crippen LogP contribution in [0, 0.1) is 12.3 Å². The summed E-state index contributed by atoms with van der Waals surface area (Å²) in [5, 5.41) is 26.5. The number of para-hydroxylation sites is 1. The minimum atomic E-state index is -0.938. The third-order valence-electron chi connectivity index (χ3n) is 12.9. The van der Waals surface area contributed by atoms with E-state index in [1.54, 1.807) is 22.9 Å². The lowest BCUT2D eigenvalue weighted by Crippen LogP contribution is -2.58. The third kappa shape index (κ3) is 18.7. The molecule has 6 rings (SSSR count). The van der Waals surface area contributed by atoms with Crippen molar-refractivity contribution in [2.75, 3.05) is 85.7 Å². The summed E-state index contributed by atoms with van der Waals surface area (Å²) in [4.78, 5) is 64.7. The fourth-order valence-electron chi connectivity index (χ4n) is 8.68. The maximum atomic E-state index is 14.0. The number of aryl methyl sites for hydroxylation is 1. The summed E-state index contributed by atoms with van der Waals surface area (Å²) in [7, 11) is 0. The molecule has 0 saturated carbocycles. The molecule has 6 N–H and O–H groups in total. The quantitative estimate of drug-likeness (QED) is 0.0130. The number of fused-ring (bicyclic) bond motifs is 1. The van der Waals surface area contributed by atoms with E-state index in [2.05, 4.69) is 49.9 Å². The van der Waals surface area contributed by atoms with E-state index in [0.29, 0.717) is 52.9 Å². The molecule has 5 aromatic rings. The molecule has 2 aromatic heterocycles. The van der Waals surface area contributed by atoms with Crippen molar-refractivity contribution in [1.82, 2.24) is 35.9 Å². The number of likely N-dealkylation sites (tertiary alicyclic amines) is 1. The predicted molar refractivity (Wildman–Crippen MR) is 288 cm³/mol. The molecule has 75 heavy (non-hydrogen) atoms. The second kappa shape index (κ2) is 30.0. The van der Waals surface area contributed by atoms with Crippen LogP contribution < -0.4 is 16.1 Å². The van der Waals surface area contributed by atoms with Gasteiger partial charge in [0.05, 0.1) is 94.3 Å². The van der Waals surface area contributed by atoms with Crippen LogP contribution in [0.4, 0.5) is 0 Å². The van der Waals surface area contributed by atoms with Gasteiger partial charge in [0.25, 0.3) is 5.91 Å². The highest BCUT2D eigenvalue weighted by molar-refractivity contribution is 7.13. The Morgan fingerprint density at radius 1 is 0.853 bits per heavy atom. The Labute approximate surface area is 444 Å². The van der Waals surface area contributed by atoms with Gasteiger partial charge in [0.1, 0.15) is 12.1 Å². The topological polar surface area (TPSA) is 226 Å². The highest BCUT2D eigenvalue weighted by Gasteiger charge is 2.44. The van der Waals surface area contributed by atoms with Crippen molar-refractivity contribution in [3.05, 3.63) is 119 Å². The van der Waals surface area contributed by atoms with E-state index in [-0.39, 0.29) is 50.5 Å². The molecular formula is C56H75N7O11S. The second-order valence-corrected chi connectivity index (χ2v) is 20.5. The molecule has 0 radical (unpaired) electrons. The molecule has 3 aromatic carbocycles. The van der Waals surface area contributed by atoms with E-state index >= 15 is 0 Å². The van der Waals surface area contributed by atoms with Crippen LogP contribution in [0.5, 0.6) is 0 Å². The van der Waals surface area contributed by atoms with Crippen LogP contribution in [0.1, 0.15) is 74.5 Å². The molecule has 406 valence electrons. The lowest BCUT2D eigenvalue weighted by atomic mass is 9.85. The number of rotatable bonds is 31. The third-order valence-corrected chi connectivity index (χ3v) is 13.8. The van der Waals surface area contributed by atoms with Gasteiger partial charge >= 0.3 is 0 Å². The number of benzene rings is 3. The van der Waals surface area contributed by atoms with Crippen molar-refractivity contribution < 1.29 is 53.2 Å². The van der Waals surface area contributed by atoms with E-state index in [4.69, 9.17) is 28.9 Å². The first-order chi connectivity index (χ1) is 36.2. The number of aromatic amines is 1. The number of carbonyl (C=O) groups excluding carboxylic acids is 4. The summed E-state index contributed by atoms with van der Waals surface area (Å²) in [5.41, 5.74) is 10.0. The zero-order valence-electron chi connectivity index (χ0n) is 43.9. The number of nitrogens with one attached hydrogen (secondary N) is 4. The van der Waals surface area contributed by atoms with E-state index < -0.39 is 35.4 Å². The predicted octanol–water partition coefficient (Wildman–Crippen LogP) is 6.01. The van der Waals surface area contributed by atoms with Crippen LogP contribution in [0.25, 0.3) is 27.4 Å². The fourth-order valence-corrected chi connectivity index (χ4v) is 9.49. The number of aliphatic hydroxyl groups is 1.